The van der Waals surface area contributed by atoms with Crippen LogP contribution in [0.1, 0.15) is 5.56 Å². The van der Waals surface area contributed by atoms with Crippen molar-refractivity contribution < 1.29 is 9.47 Å². The number of likely N-dealkylation sites (N-methyl/N-ethyl adjacent to an activating group) is 1. The Hall–Kier alpha value is -1.48. The van der Waals surface area contributed by atoms with Crippen LogP contribution in [-0.4, -0.2) is 25.3 Å². The highest BCUT2D eigenvalue weighted by Gasteiger charge is 2.09. The van der Waals surface area contributed by atoms with Gasteiger partial charge in [0, 0.05) is 6.54 Å². The van der Waals surface area contributed by atoms with Crippen molar-refractivity contribution in [3.63, 3.8) is 0 Å². The smallest absolute Gasteiger partial charge is 0.229 e. The number of hydrogen-bond acceptors (Lipinski definition) is 3. The van der Waals surface area contributed by atoms with Gasteiger partial charge in [-0.05, 0) is 12.6 Å². The third kappa shape index (κ3) is 2.99. The lowest BCUT2D eigenvalue weighted by Crippen LogP contribution is -2.20. The molecule has 3 nitrogen and oxygen atoms in total. The van der Waals surface area contributed by atoms with Crippen LogP contribution < -0.4 is 0 Å². The van der Waals surface area contributed by atoms with Gasteiger partial charge in [0.2, 0.25) is 6.79 Å². The van der Waals surface area contributed by atoms with E-state index in [2.05, 4.69) is 36.2 Å². The molecule has 0 aliphatic carbocycles. The summed E-state index contributed by atoms with van der Waals surface area (Å²) < 4.78 is 10.3. The van der Waals surface area contributed by atoms with E-state index in [1.165, 1.54) is 5.56 Å². The van der Waals surface area contributed by atoms with Gasteiger partial charge in [-0.25, -0.2) is 0 Å². The van der Waals surface area contributed by atoms with Gasteiger partial charge in [-0.1, -0.05) is 30.3 Å². The van der Waals surface area contributed by atoms with Crippen LogP contribution in [0.2, 0.25) is 0 Å². The maximum Gasteiger partial charge on any atom is 0.229 e. The van der Waals surface area contributed by atoms with E-state index < -0.39 is 0 Å². The van der Waals surface area contributed by atoms with Gasteiger partial charge in [-0.3, -0.25) is 4.90 Å². The minimum atomic E-state index is 0.356. The van der Waals surface area contributed by atoms with Gasteiger partial charge in [0.15, 0.2) is 0 Å². The zero-order valence-corrected chi connectivity index (χ0v) is 8.85. The van der Waals surface area contributed by atoms with Gasteiger partial charge in [0.05, 0.1) is 6.54 Å². The summed E-state index contributed by atoms with van der Waals surface area (Å²) >= 11 is 0. The molecule has 1 heterocycles. The monoisotopic (exact) mass is 205 g/mol. The van der Waals surface area contributed by atoms with Crippen molar-refractivity contribution in [3.05, 3.63) is 47.9 Å². The van der Waals surface area contributed by atoms with Gasteiger partial charge in [0.25, 0.3) is 0 Å². The Kier molecular flexibility index (Phi) is 3.25. The zero-order valence-electron chi connectivity index (χ0n) is 8.85. The fraction of sp³-hybridized carbons (Fsp3) is 0.333. The zero-order chi connectivity index (χ0) is 10.5. The predicted octanol–water partition coefficient (Wildman–Crippen LogP) is 1.96. The third-order valence-corrected chi connectivity index (χ3v) is 2.25. The van der Waals surface area contributed by atoms with Crippen molar-refractivity contribution in [2.75, 3.05) is 20.4 Å². The Bertz CT molecular complexity index is 335. The molecule has 1 aliphatic rings. The van der Waals surface area contributed by atoms with Crippen LogP contribution in [0.3, 0.4) is 0 Å². The molecule has 0 fully saturated rings. The second kappa shape index (κ2) is 4.84. The summed E-state index contributed by atoms with van der Waals surface area (Å²) in [6.45, 7) is 2.06. The van der Waals surface area contributed by atoms with Crippen LogP contribution in [-0.2, 0) is 16.0 Å². The summed E-state index contributed by atoms with van der Waals surface area (Å²) in [5.74, 6) is 0.897. The molecule has 15 heavy (non-hydrogen) atoms. The summed E-state index contributed by atoms with van der Waals surface area (Å²) in [7, 11) is 2.06. The Morgan fingerprint density at radius 1 is 1.20 bits per heavy atom. The molecule has 1 aromatic carbocycles. The Labute approximate surface area is 89.9 Å². The first-order valence-corrected chi connectivity index (χ1v) is 5.00. The normalized spacial score (nSPS) is 14.7. The molecule has 3 heteroatoms. The van der Waals surface area contributed by atoms with Crippen LogP contribution >= 0.6 is 0 Å². The molecule has 0 amide bonds. The summed E-state index contributed by atoms with van der Waals surface area (Å²) in [5.41, 5.74) is 1.31. The lowest BCUT2D eigenvalue weighted by atomic mass is 10.2. The SMILES string of the molecule is CN(CC1=COCO1)Cc1ccccc1. The molecule has 0 spiro atoms. The highest BCUT2D eigenvalue weighted by Crippen LogP contribution is 2.09. The van der Waals surface area contributed by atoms with Gasteiger partial charge in [0.1, 0.15) is 12.0 Å². The van der Waals surface area contributed by atoms with Crippen molar-refractivity contribution in [2.45, 2.75) is 6.54 Å². The van der Waals surface area contributed by atoms with E-state index in [0.29, 0.717) is 6.79 Å². The first-order chi connectivity index (χ1) is 7.34. The van der Waals surface area contributed by atoms with Crippen LogP contribution in [0.5, 0.6) is 0 Å². The Morgan fingerprint density at radius 3 is 2.67 bits per heavy atom. The maximum absolute atomic E-state index is 5.26. The molecule has 0 atom stereocenters. The average Bonchev–Trinajstić information content (AvgIpc) is 2.71. The topological polar surface area (TPSA) is 21.7 Å². The number of ether oxygens (including phenoxy) is 2. The highest BCUT2D eigenvalue weighted by molar-refractivity contribution is 5.14. The van der Waals surface area contributed by atoms with Crippen molar-refractivity contribution in [3.8, 4) is 0 Å². The van der Waals surface area contributed by atoms with Crippen LogP contribution in [0.25, 0.3) is 0 Å². The molecule has 0 unspecified atom stereocenters. The van der Waals surface area contributed by atoms with Crippen molar-refractivity contribution >= 4 is 0 Å². The standard InChI is InChI=1S/C12H15NO2/c1-13(8-12-9-14-10-15-12)7-11-5-3-2-4-6-11/h2-6,9H,7-8,10H2,1H3. The van der Waals surface area contributed by atoms with Crippen LogP contribution in [0.15, 0.2) is 42.4 Å². The van der Waals surface area contributed by atoms with E-state index in [1.54, 1.807) is 6.26 Å². The maximum atomic E-state index is 5.26. The number of nitrogens with zero attached hydrogens (tertiary/aromatic N) is 1. The Morgan fingerprint density at radius 2 is 2.00 bits per heavy atom. The minimum Gasteiger partial charge on any atom is -0.462 e. The summed E-state index contributed by atoms with van der Waals surface area (Å²) in [6, 6.07) is 10.4. The second-order valence-corrected chi connectivity index (χ2v) is 3.67. The van der Waals surface area contributed by atoms with Crippen molar-refractivity contribution in [1.82, 2.24) is 4.90 Å². The number of rotatable bonds is 4. The fourth-order valence-corrected chi connectivity index (χ4v) is 1.57. The van der Waals surface area contributed by atoms with Crippen molar-refractivity contribution in [1.29, 1.82) is 0 Å². The lowest BCUT2D eigenvalue weighted by Gasteiger charge is -2.16. The molecule has 0 aromatic heterocycles. The summed E-state index contributed by atoms with van der Waals surface area (Å²) in [5, 5.41) is 0. The van der Waals surface area contributed by atoms with E-state index in [-0.39, 0.29) is 0 Å². The molecule has 1 aliphatic heterocycles. The van der Waals surface area contributed by atoms with Crippen LogP contribution in [0, 0.1) is 0 Å². The molecule has 80 valence electrons. The number of benzene rings is 1. The van der Waals surface area contributed by atoms with Crippen molar-refractivity contribution in [2.24, 2.45) is 0 Å². The molecule has 0 bridgehead atoms. The Balaban J connectivity index is 1.84. The fourth-order valence-electron chi connectivity index (χ4n) is 1.57. The first kappa shape index (κ1) is 10.1. The molecule has 0 saturated carbocycles. The first-order valence-electron chi connectivity index (χ1n) is 5.00. The minimum absolute atomic E-state index is 0.356. The van der Waals surface area contributed by atoms with Gasteiger partial charge < -0.3 is 9.47 Å². The quantitative estimate of drug-likeness (QED) is 0.750. The molecular weight excluding hydrogens is 190 g/mol. The molecular formula is C12H15NO2. The average molecular weight is 205 g/mol. The summed E-state index contributed by atoms with van der Waals surface area (Å²) in [4.78, 5) is 2.19. The summed E-state index contributed by atoms with van der Waals surface area (Å²) in [6.07, 6.45) is 1.68. The van der Waals surface area contributed by atoms with Gasteiger partial charge >= 0.3 is 0 Å². The largest absolute Gasteiger partial charge is 0.462 e. The molecule has 2 rings (SSSR count). The van der Waals surface area contributed by atoms with Gasteiger partial charge in [-0.2, -0.15) is 0 Å². The van der Waals surface area contributed by atoms with Gasteiger partial charge in [-0.15, -0.1) is 0 Å². The molecule has 0 N–H and O–H groups in total. The molecule has 1 aromatic rings. The predicted molar refractivity (Wildman–Crippen MR) is 57.9 cm³/mol. The number of hydrogen-bond donors (Lipinski definition) is 0. The van der Waals surface area contributed by atoms with E-state index in [1.807, 2.05) is 6.07 Å². The van der Waals surface area contributed by atoms with E-state index in [0.717, 1.165) is 18.8 Å². The molecule has 0 saturated heterocycles. The lowest BCUT2D eigenvalue weighted by molar-refractivity contribution is 0.0737. The van der Waals surface area contributed by atoms with Crippen LogP contribution in [0.4, 0.5) is 0 Å². The highest BCUT2D eigenvalue weighted by atomic mass is 16.7. The van der Waals surface area contributed by atoms with E-state index in [9.17, 15) is 0 Å². The third-order valence-electron chi connectivity index (χ3n) is 2.25. The van der Waals surface area contributed by atoms with E-state index in [4.69, 9.17) is 9.47 Å². The second-order valence-electron chi connectivity index (χ2n) is 3.67. The van der Waals surface area contributed by atoms with E-state index >= 15 is 0 Å². The molecule has 0 radical (unpaired) electrons.